The van der Waals surface area contributed by atoms with Crippen LogP contribution in [0.5, 0.6) is 0 Å². The Balaban J connectivity index is 2.44. The highest BCUT2D eigenvalue weighted by Crippen LogP contribution is 2.22. The topological polar surface area (TPSA) is 0 Å². The second kappa shape index (κ2) is 8.08. The van der Waals surface area contributed by atoms with Crippen LogP contribution in [0.25, 0.3) is 6.08 Å². The highest BCUT2D eigenvalue weighted by atomic mass is 79.9. The zero-order valence-electron chi connectivity index (χ0n) is 9.57. The van der Waals surface area contributed by atoms with Gasteiger partial charge in [-0.15, -0.1) is 0 Å². The summed E-state index contributed by atoms with van der Waals surface area (Å²) in [5.41, 5.74) is 1.25. The molecule has 0 aliphatic heterocycles. The monoisotopic (exact) mass is 344 g/mol. The Morgan fingerprint density at radius 3 is 2.50 bits per heavy atom. The number of allylic oxidation sites excluding steroid dienone is 1. The Morgan fingerprint density at radius 2 is 1.88 bits per heavy atom. The molecule has 0 saturated heterocycles. The molecule has 0 radical (unpaired) electrons. The first-order valence-electron chi connectivity index (χ1n) is 5.75. The minimum Gasteiger partial charge on any atom is -0.0875 e. The summed E-state index contributed by atoms with van der Waals surface area (Å²) in [5.74, 6) is 0. The van der Waals surface area contributed by atoms with Gasteiger partial charge in [-0.1, -0.05) is 94.1 Å². The summed E-state index contributed by atoms with van der Waals surface area (Å²) < 4.78 is 0. The van der Waals surface area contributed by atoms with Crippen molar-refractivity contribution < 1.29 is 0 Å². The van der Waals surface area contributed by atoms with Crippen LogP contribution in [0.15, 0.2) is 36.4 Å². The van der Waals surface area contributed by atoms with Crippen LogP contribution in [-0.2, 0) is 0 Å². The standard InChI is InChI=1S/C14H18Br2/c1-2-3-9-13(15)14(16)11-10-12-7-5-4-6-8-12/h4-8,10-11,13-14H,2-3,9H2,1H3/b11-10+. The molecule has 2 atom stereocenters. The van der Waals surface area contributed by atoms with Crippen molar-refractivity contribution in [3.63, 3.8) is 0 Å². The molecule has 1 aromatic rings. The maximum Gasteiger partial charge on any atom is 0.0453 e. The molecule has 0 fully saturated rings. The van der Waals surface area contributed by atoms with E-state index in [2.05, 4.69) is 75.2 Å². The lowest BCUT2D eigenvalue weighted by atomic mass is 10.1. The zero-order chi connectivity index (χ0) is 11.8. The third kappa shape index (κ3) is 5.31. The Labute approximate surface area is 115 Å². The van der Waals surface area contributed by atoms with E-state index in [9.17, 15) is 0 Å². The van der Waals surface area contributed by atoms with Gasteiger partial charge in [-0.3, -0.25) is 0 Å². The fourth-order valence-corrected chi connectivity index (χ4v) is 2.36. The van der Waals surface area contributed by atoms with Gasteiger partial charge in [0.2, 0.25) is 0 Å². The predicted molar refractivity (Wildman–Crippen MR) is 80.4 cm³/mol. The first-order chi connectivity index (χ1) is 7.74. The molecule has 0 spiro atoms. The molecule has 0 amide bonds. The molecule has 0 heterocycles. The van der Waals surface area contributed by atoms with Gasteiger partial charge in [0.25, 0.3) is 0 Å². The number of hydrogen-bond donors (Lipinski definition) is 0. The number of hydrogen-bond acceptors (Lipinski definition) is 0. The molecule has 1 rings (SSSR count). The second-order valence-electron chi connectivity index (χ2n) is 3.87. The van der Waals surface area contributed by atoms with E-state index in [1.165, 1.54) is 24.8 Å². The van der Waals surface area contributed by atoms with Crippen molar-refractivity contribution in [1.82, 2.24) is 0 Å². The van der Waals surface area contributed by atoms with Crippen LogP contribution in [0.1, 0.15) is 31.7 Å². The summed E-state index contributed by atoms with van der Waals surface area (Å²) in [7, 11) is 0. The SMILES string of the molecule is CCCCC(Br)C(Br)/C=C/c1ccccc1. The Morgan fingerprint density at radius 1 is 1.19 bits per heavy atom. The van der Waals surface area contributed by atoms with E-state index >= 15 is 0 Å². The van der Waals surface area contributed by atoms with Gasteiger partial charge in [0.15, 0.2) is 0 Å². The van der Waals surface area contributed by atoms with Crippen molar-refractivity contribution in [3.8, 4) is 0 Å². The lowest BCUT2D eigenvalue weighted by Gasteiger charge is -2.12. The van der Waals surface area contributed by atoms with Crippen LogP contribution in [0, 0.1) is 0 Å². The fourth-order valence-electron chi connectivity index (χ4n) is 1.45. The zero-order valence-corrected chi connectivity index (χ0v) is 12.7. The molecule has 0 saturated carbocycles. The maximum absolute atomic E-state index is 3.72. The quantitative estimate of drug-likeness (QED) is 0.604. The van der Waals surface area contributed by atoms with Gasteiger partial charge in [-0.2, -0.15) is 0 Å². The van der Waals surface area contributed by atoms with Crippen molar-refractivity contribution in [1.29, 1.82) is 0 Å². The van der Waals surface area contributed by atoms with Gasteiger partial charge in [0.05, 0.1) is 0 Å². The van der Waals surface area contributed by atoms with Crippen molar-refractivity contribution in [3.05, 3.63) is 42.0 Å². The summed E-state index contributed by atoms with van der Waals surface area (Å²) >= 11 is 7.42. The van der Waals surface area contributed by atoms with E-state index in [1.807, 2.05) is 6.07 Å². The third-order valence-corrected chi connectivity index (χ3v) is 5.13. The molecule has 0 aliphatic carbocycles. The van der Waals surface area contributed by atoms with E-state index < -0.39 is 0 Å². The van der Waals surface area contributed by atoms with Crippen molar-refractivity contribution in [2.45, 2.75) is 35.8 Å². The van der Waals surface area contributed by atoms with Gasteiger partial charge in [0.1, 0.15) is 0 Å². The molecule has 2 unspecified atom stereocenters. The minimum absolute atomic E-state index is 0.402. The first kappa shape index (κ1) is 14.0. The van der Waals surface area contributed by atoms with Crippen molar-refractivity contribution in [2.24, 2.45) is 0 Å². The lowest BCUT2D eigenvalue weighted by molar-refractivity contribution is 0.703. The summed E-state index contributed by atoms with van der Waals surface area (Å²) in [5, 5.41) is 0. The number of rotatable bonds is 6. The van der Waals surface area contributed by atoms with E-state index in [0.717, 1.165) is 0 Å². The van der Waals surface area contributed by atoms with Crippen molar-refractivity contribution >= 4 is 37.9 Å². The number of halogens is 2. The number of alkyl halides is 2. The fraction of sp³-hybridized carbons (Fsp3) is 0.429. The Hall–Kier alpha value is -0.0800. The molecular formula is C14H18Br2. The summed E-state index contributed by atoms with van der Waals surface area (Å²) in [6.07, 6.45) is 8.12. The summed E-state index contributed by atoms with van der Waals surface area (Å²) in [6, 6.07) is 10.4. The van der Waals surface area contributed by atoms with Gasteiger partial charge in [0, 0.05) is 9.65 Å². The highest BCUT2D eigenvalue weighted by Gasteiger charge is 2.11. The third-order valence-electron chi connectivity index (χ3n) is 2.45. The Bertz CT molecular complexity index is 306. The maximum atomic E-state index is 3.72. The van der Waals surface area contributed by atoms with E-state index in [-0.39, 0.29) is 0 Å². The average molecular weight is 346 g/mol. The van der Waals surface area contributed by atoms with Gasteiger partial charge in [-0.05, 0) is 12.0 Å². The number of benzene rings is 1. The molecule has 2 heteroatoms. The summed E-state index contributed by atoms with van der Waals surface area (Å²) in [4.78, 5) is 0.923. The van der Waals surface area contributed by atoms with Crippen LogP contribution in [0.4, 0.5) is 0 Å². The van der Waals surface area contributed by atoms with Crippen LogP contribution >= 0.6 is 31.9 Å². The molecule has 16 heavy (non-hydrogen) atoms. The Kier molecular flexibility index (Phi) is 7.06. The predicted octanol–water partition coefficient (Wildman–Crippen LogP) is 5.42. The van der Waals surface area contributed by atoms with Crippen molar-refractivity contribution in [2.75, 3.05) is 0 Å². The van der Waals surface area contributed by atoms with E-state index in [4.69, 9.17) is 0 Å². The second-order valence-corrected chi connectivity index (χ2v) is 6.11. The lowest BCUT2D eigenvalue weighted by Crippen LogP contribution is -2.10. The van der Waals surface area contributed by atoms with Gasteiger partial charge in [-0.25, -0.2) is 0 Å². The molecule has 0 bridgehead atoms. The molecule has 0 N–H and O–H groups in total. The molecule has 88 valence electrons. The van der Waals surface area contributed by atoms with Gasteiger partial charge < -0.3 is 0 Å². The van der Waals surface area contributed by atoms with Crippen LogP contribution in [0.3, 0.4) is 0 Å². The first-order valence-corrected chi connectivity index (χ1v) is 7.58. The van der Waals surface area contributed by atoms with Crippen LogP contribution < -0.4 is 0 Å². The average Bonchev–Trinajstić information content (AvgIpc) is 2.34. The van der Waals surface area contributed by atoms with E-state index in [0.29, 0.717) is 9.65 Å². The van der Waals surface area contributed by atoms with Gasteiger partial charge >= 0.3 is 0 Å². The summed E-state index contributed by atoms with van der Waals surface area (Å²) in [6.45, 7) is 2.22. The molecule has 0 aliphatic rings. The molecule has 0 aromatic heterocycles. The number of unbranched alkanes of at least 4 members (excludes halogenated alkanes) is 1. The largest absolute Gasteiger partial charge is 0.0875 e. The normalized spacial score (nSPS) is 15.2. The highest BCUT2D eigenvalue weighted by molar-refractivity contribution is 9.12. The molecular weight excluding hydrogens is 328 g/mol. The minimum atomic E-state index is 0.402. The molecule has 1 aromatic carbocycles. The smallest absolute Gasteiger partial charge is 0.0453 e. The van der Waals surface area contributed by atoms with Crippen LogP contribution in [0.2, 0.25) is 0 Å². The van der Waals surface area contributed by atoms with E-state index in [1.54, 1.807) is 0 Å². The van der Waals surface area contributed by atoms with Crippen LogP contribution in [-0.4, -0.2) is 9.65 Å². The molecule has 0 nitrogen and oxygen atoms in total.